The molecule has 0 aliphatic carbocycles. The minimum atomic E-state index is -0.480. The van der Waals surface area contributed by atoms with E-state index in [0.29, 0.717) is 27.1 Å². The zero-order valence-corrected chi connectivity index (χ0v) is 19.1. The third kappa shape index (κ3) is 4.86. The van der Waals surface area contributed by atoms with Crippen molar-refractivity contribution in [2.75, 3.05) is 11.9 Å². The predicted molar refractivity (Wildman–Crippen MR) is 124 cm³/mol. The van der Waals surface area contributed by atoms with E-state index in [9.17, 15) is 9.59 Å². The Balaban J connectivity index is 1.97. The van der Waals surface area contributed by atoms with Crippen molar-refractivity contribution in [2.24, 2.45) is 0 Å². The fourth-order valence-corrected chi connectivity index (χ4v) is 4.18. The first-order chi connectivity index (χ1) is 14.3. The molecule has 2 aromatic carbocycles. The Labute approximate surface area is 189 Å². The molecular weight excluding hydrogens is 441 g/mol. The quantitative estimate of drug-likeness (QED) is 0.392. The van der Waals surface area contributed by atoms with Crippen LogP contribution in [0.1, 0.15) is 53.0 Å². The molecule has 0 fully saturated rings. The number of amides is 1. The van der Waals surface area contributed by atoms with Crippen LogP contribution < -0.4 is 5.32 Å². The maximum absolute atomic E-state index is 12.7. The van der Waals surface area contributed by atoms with Crippen LogP contribution in [0.25, 0.3) is 11.1 Å². The third-order valence-corrected chi connectivity index (χ3v) is 6.20. The van der Waals surface area contributed by atoms with Gasteiger partial charge >= 0.3 is 5.97 Å². The monoisotopic (exact) mass is 461 g/mol. The van der Waals surface area contributed by atoms with Gasteiger partial charge < -0.3 is 10.1 Å². The topological polar surface area (TPSA) is 55.4 Å². The number of halogens is 2. The van der Waals surface area contributed by atoms with E-state index < -0.39 is 5.97 Å². The van der Waals surface area contributed by atoms with Crippen LogP contribution in [-0.4, -0.2) is 18.5 Å². The summed E-state index contributed by atoms with van der Waals surface area (Å²) < 4.78 is 5.25. The average Bonchev–Trinajstić information content (AvgIpc) is 3.13. The van der Waals surface area contributed by atoms with Gasteiger partial charge in [-0.3, -0.25) is 4.79 Å². The number of rotatable bonds is 6. The Morgan fingerprint density at radius 1 is 1.07 bits per heavy atom. The molecule has 0 saturated carbocycles. The van der Waals surface area contributed by atoms with Gasteiger partial charge in [-0.2, -0.15) is 0 Å². The summed E-state index contributed by atoms with van der Waals surface area (Å²) in [5.41, 5.74) is 3.50. The minimum Gasteiger partial charge on any atom is -0.462 e. The number of hydrogen-bond acceptors (Lipinski definition) is 4. The second-order valence-electron chi connectivity index (χ2n) is 6.93. The smallest absolute Gasteiger partial charge is 0.341 e. The summed E-state index contributed by atoms with van der Waals surface area (Å²) in [6.45, 7) is 6.23. The number of esters is 1. The van der Waals surface area contributed by atoms with Gasteiger partial charge in [0.05, 0.1) is 16.7 Å². The molecule has 4 nitrogen and oxygen atoms in total. The molecular formula is C23H21Cl2NO3S. The number of thiophene rings is 1. The van der Waals surface area contributed by atoms with E-state index in [1.54, 1.807) is 19.1 Å². The maximum atomic E-state index is 12.7. The average molecular weight is 462 g/mol. The van der Waals surface area contributed by atoms with E-state index in [4.69, 9.17) is 27.9 Å². The molecule has 1 aromatic heterocycles. The molecule has 1 amide bonds. The van der Waals surface area contributed by atoms with Crippen molar-refractivity contribution in [3.63, 3.8) is 0 Å². The Hall–Kier alpha value is -2.34. The van der Waals surface area contributed by atoms with Gasteiger partial charge in [0.25, 0.3) is 5.91 Å². The van der Waals surface area contributed by atoms with E-state index in [2.05, 4.69) is 19.2 Å². The van der Waals surface area contributed by atoms with Gasteiger partial charge in [-0.05, 0) is 42.2 Å². The molecule has 1 N–H and O–H groups in total. The summed E-state index contributed by atoms with van der Waals surface area (Å²) in [4.78, 5) is 25.4. The molecule has 0 spiro atoms. The molecule has 0 bridgehead atoms. The highest BCUT2D eigenvalue weighted by atomic mass is 35.5. The highest BCUT2D eigenvalue weighted by Gasteiger charge is 2.23. The van der Waals surface area contributed by atoms with E-state index >= 15 is 0 Å². The van der Waals surface area contributed by atoms with Crippen LogP contribution in [0.15, 0.2) is 47.8 Å². The number of hydrogen-bond donors (Lipinski definition) is 1. The van der Waals surface area contributed by atoms with Crippen LogP contribution in [0.3, 0.4) is 0 Å². The van der Waals surface area contributed by atoms with Crippen LogP contribution >= 0.6 is 34.5 Å². The molecule has 0 atom stereocenters. The summed E-state index contributed by atoms with van der Waals surface area (Å²) in [5.74, 6) is -0.458. The van der Waals surface area contributed by atoms with Gasteiger partial charge in [-0.15, -0.1) is 11.3 Å². The first kappa shape index (κ1) is 22.3. The molecule has 30 heavy (non-hydrogen) atoms. The van der Waals surface area contributed by atoms with E-state index in [1.807, 2.05) is 29.6 Å². The minimum absolute atomic E-state index is 0.237. The molecule has 3 rings (SSSR count). The summed E-state index contributed by atoms with van der Waals surface area (Å²) in [5, 5.41) is 5.73. The Kier molecular flexibility index (Phi) is 7.19. The van der Waals surface area contributed by atoms with Crippen LogP contribution in [-0.2, 0) is 4.74 Å². The Morgan fingerprint density at radius 2 is 1.77 bits per heavy atom. The molecule has 0 saturated heterocycles. The van der Waals surface area contributed by atoms with Crippen LogP contribution in [0.2, 0.25) is 10.0 Å². The van der Waals surface area contributed by atoms with E-state index in [0.717, 1.165) is 11.1 Å². The number of nitrogens with one attached hydrogen (secondary N) is 1. The lowest BCUT2D eigenvalue weighted by Crippen LogP contribution is -2.14. The van der Waals surface area contributed by atoms with Crippen molar-refractivity contribution >= 4 is 51.4 Å². The summed E-state index contributed by atoms with van der Waals surface area (Å²) in [6, 6.07) is 12.7. The van der Waals surface area contributed by atoms with Gasteiger partial charge in [0.2, 0.25) is 0 Å². The third-order valence-electron chi connectivity index (χ3n) is 4.57. The van der Waals surface area contributed by atoms with Crippen LogP contribution in [0.4, 0.5) is 5.00 Å². The van der Waals surface area contributed by atoms with E-state index in [-0.39, 0.29) is 17.5 Å². The maximum Gasteiger partial charge on any atom is 0.341 e. The Bertz CT molecular complexity index is 1070. The molecule has 3 aromatic rings. The van der Waals surface area contributed by atoms with Crippen LogP contribution in [0, 0.1) is 0 Å². The zero-order chi connectivity index (χ0) is 21.8. The molecule has 0 radical (unpaired) electrons. The first-order valence-electron chi connectivity index (χ1n) is 9.47. The van der Waals surface area contributed by atoms with E-state index in [1.165, 1.54) is 23.0 Å². The number of ether oxygens (including phenoxy) is 1. The number of anilines is 1. The van der Waals surface area contributed by atoms with Crippen LogP contribution in [0.5, 0.6) is 0 Å². The first-order valence-corrected chi connectivity index (χ1v) is 11.1. The van der Waals surface area contributed by atoms with Gasteiger partial charge in [0, 0.05) is 16.5 Å². The standard InChI is InChI=1S/C23H21Cl2NO3S/c1-4-29-23(28)20-17(15-7-5-14(6-8-15)13(2)3)12-30-22(20)26-21(27)16-9-10-18(24)19(25)11-16/h5-13H,4H2,1-3H3,(H,26,27). The van der Waals surface area contributed by atoms with Crippen molar-refractivity contribution in [3.05, 3.63) is 74.6 Å². The largest absolute Gasteiger partial charge is 0.462 e. The predicted octanol–water partition coefficient (Wildman–Crippen LogP) is 7.27. The molecule has 0 aliphatic heterocycles. The highest BCUT2D eigenvalue weighted by molar-refractivity contribution is 7.15. The number of benzene rings is 2. The summed E-state index contributed by atoms with van der Waals surface area (Å²) in [7, 11) is 0. The second-order valence-corrected chi connectivity index (χ2v) is 8.63. The molecule has 1 heterocycles. The SMILES string of the molecule is CCOC(=O)c1c(-c2ccc(C(C)C)cc2)csc1NC(=O)c1ccc(Cl)c(Cl)c1. The molecule has 0 aliphatic rings. The van der Waals surface area contributed by atoms with Crippen molar-refractivity contribution < 1.29 is 14.3 Å². The lowest BCUT2D eigenvalue weighted by Gasteiger charge is -2.10. The van der Waals surface area contributed by atoms with Crippen molar-refractivity contribution in [1.82, 2.24) is 0 Å². The van der Waals surface area contributed by atoms with Gasteiger partial charge in [-0.1, -0.05) is 61.3 Å². The fourth-order valence-electron chi connectivity index (χ4n) is 2.93. The van der Waals surface area contributed by atoms with Gasteiger partial charge in [0.15, 0.2) is 0 Å². The van der Waals surface area contributed by atoms with Crippen molar-refractivity contribution in [3.8, 4) is 11.1 Å². The number of carbonyl (C=O) groups excluding carboxylic acids is 2. The van der Waals surface area contributed by atoms with Crippen molar-refractivity contribution in [2.45, 2.75) is 26.7 Å². The van der Waals surface area contributed by atoms with Gasteiger partial charge in [0.1, 0.15) is 10.6 Å². The lowest BCUT2D eigenvalue weighted by atomic mass is 9.98. The zero-order valence-electron chi connectivity index (χ0n) is 16.8. The molecule has 7 heteroatoms. The molecule has 156 valence electrons. The fraction of sp³-hybridized carbons (Fsp3) is 0.217. The normalized spacial score (nSPS) is 10.9. The van der Waals surface area contributed by atoms with Crippen molar-refractivity contribution in [1.29, 1.82) is 0 Å². The van der Waals surface area contributed by atoms with Gasteiger partial charge in [-0.25, -0.2) is 4.79 Å². The molecule has 0 unspecified atom stereocenters. The highest BCUT2D eigenvalue weighted by Crippen LogP contribution is 2.37. The number of carbonyl (C=O) groups is 2. The second kappa shape index (κ2) is 9.65. The lowest BCUT2D eigenvalue weighted by molar-refractivity contribution is 0.0529. The summed E-state index contributed by atoms with van der Waals surface area (Å²) in [6.07, 6.45) is 0. The summed E-state index contributed by atoms with van der Waals surface area (Å²) >= 11 is 13.2. The Morgan fingerprint density at radius 3 is 2.37 bits per heavy atom.